The van der Waals surface area contributed by atoms with Crippen LogP contribution in [0.3, 0.4) is 0 Å². The van der Waals surface area contributed by atoms with Gasteiger partial charge >= 0.3 is 0 Å². The molecule has 5 nitrogen and oxygen atoms in total. The van der Waals surface area contributed by atoms with E-state index >= 15 is 0 Å². The second-order valence-electron chi connectivity index (χ2n) is 6.07. The summed E-state index contributed by atoms with van der Waals surface area (Å²) in [5, 5.41) is 4.58. The summed E-state index contributed by atoms with van der Waals surface area (Å²) in [6, 6.07) is 12.4. The van der Waals surface area contributed by atoms with Gasteiger partial charge in [-0.05, 0) is 24.5 Å². The van der Waals surface area contributed by atoms with E-state index in [0.29, 0.717) is 12.5 Å². The predicted molar refractivity (Wildman–Crippen MR) is 93.1 cm³/mol. The van der Waals surface area contributed by atoms with Crippen molar-refractivity contribution in [3.05, 3.63) is 53.9 Å². The molecule has 5 heteroatoms. The second kappa shape index (κ2) is 7.81. The number of benzene rings is 1. The number of hydrogen-bond donors (Lipinski definition) is 1. The Hall–Kier alpha value is -2.30. The minimum atomic E-state index is 0.546. The maximum atomic E-state index is 6.14. The summed E-state index contributed by atoms with van der Waals surface area (Å²) in [5.74, 6) is 0.657. The Kier molecular flexibility index (Phi) is 5.29. The fourth-order valence-corrected chi connectivity index (χ4v) is 2.91. The van der Waals surface area contributed by atoms with Gasteiger partial charge in [0.2, 0.25) is 0 Å². The van der Waals surface area contributed by atoms with Gasteiger partial charge in [-0.1, -0.05) is 43.2 Å². The van der Waals surface area contributed by atoms with Crippen LogP contribution in [0, 0.1) is 0 Å². The zero-order valence-electron chi connectivity index (χ0n) is 13.6. The van der Waals surface area contributed by atoms with Crippen LogP contribution in [0.15, 0.2) is 47.6 Å². The minimum absolute atomic E-state index is 0.546. The number of hydrogen-bond acceptors (Lipinski definition) is 2. The lowest BCUT2D eigenvalue weighted by Gasteiger charge is -2.20. The SMILES string of the molecule is NC(=NCc1ccn(Cc2ccccc2)n1)N1CCCCCC1. The molecule has 2 heterocycles. The number of likely N-dealkylation sites (tertiary alicyclic amines) is 1. The van der Waals surface area contributed by atoms with Crippen molar-refractivity contribution in [3.8, 4) is 0 Å². The molecule has 0 unspecified atom stereocenters. The van der Waals surface area contributed by atoms with Crippen LogP contribution in [0.4, 0.5) is 0 Å². The highest BCUT2D eigenvalue weighted by Gasteiger charge is 2.10. The summed E-state index contributed by atoms with van der Waals surface area (Å²) in [4.78, 5) is 6.73. The van der Waals surface area contributed by atoms with Gasteiger partial charge in [-0.3, -0.25) is 4.68 Å². The molecule has 1 aromatic heterocycles. The largest absolute Gasteiger partial charge is 0.370 e. The number of nitrogens with zero attached hydrogens (tertiary/aromatic N) is 4. The maximum absolute atomic E-state index is 6.14. The van der Waals surface area contributed by atoms with Gasteiger partial charge in [0.15, 0.2) is 5.96 Å². The van der Waals surface area contributed by atoms with E-state index in [9.17, 15) is 0 Å². The Morgan fingerprint density at radius 3 is 2.52 bits per heavy atom. The molecule has 0 radical (unpaired) electrons. The summed E-state index contributed by atoms with van der Waals surface area (Å²) >= 11 is 0. The molecule has 1 saturated heterocycles. The van der Waals surface area contributed by atoms with Gasteiger partial charge in [-0.15, -0.1) is 0 Å². The van der Waals surface area contributed by atoms with Crippen molar-refractivity contribution in [1.29, 1.82) is 0 Å². The minimum Gasteiger partial charge on any atom is -0.370 e. The highest BCUT2D eigenvalue weighted by atomic mass is 15.3. The first-order valence-electron chi connectivity index (χ1n) is 8.42. The van der Waals surface area contributed by atoms with Crippen molar-refractivity contribution in [2.75, 3.05) is 13.1 Å². The number of nitrogens with two attached hydrogens (primary N) is 1. The molecular weight excluding hydrogens is 286 g/mol. The highest BCUT2D eigenvalue weighted by Crippen LogP contribution is 2.10. The molecule has 122 valence electrons. The highest BCUT2D eigenvalue weighted by molar-refractivity contribution is 5.78. The van der Waals surface area contributed by atoms with Crippen molar-refractivity contribution in [1.82, 2.24) is 14.7 Å². The van der Waals surface area contributed by atoms with Crippen molar-refractivity contribution in [2.45, 2.75) is 38.8 Å². The first kappa shape index (κ1) is 15.6. The van der Waals surface area contributed by atoms with Gasteiger partial charge in [0.25, 0.3) is 0 Å². The van der Waals surface area contributed by atoms with E-state index in [4.69, 9.17) is 5.73 Å². The first-order chi connectivity index (χ1) is 11.3. The third-order valence-electron chi connectivity index (χ3n) is 4.22. The van der Waals surface area contributed by atoms with Crippen LogP contribution < -0.4 is 5.73 Å². The molecule has 0 atom stereocenters. The molecule has 1 aliphatic rings. The van der Waals surface area contributed by atoms with Crippen molar-refractivity contribution < 1.29 is 0 Å². The molecule has 0 spiro atoms. The molecule has 1 aliphatic heterocycles. The summed E-state index contributed by atoms with van der Waals surface area (Å²) in [6.45, 7) is 3.38. The zero-order valence-corrected chi connectivity index (χ0v) is 13.6. The van der Waals surface area contributed by atoms with Gasteiger partial charge in [-0.25, -0.2) is 4.99 Å². The Morgan fingerprint density at radius 2 is 1.78 bits per heavy atom. The Labute approximate surface area is 137 Å². The molecule has 1 fully saturated rings. The van der Waals surface area contributed by atoms with Crippen LogP contribution in [0.25, 0.3) is 0 Å². The second-order valence-corrected chi connectivity index (χ2v) is 6.07. The average Bonchev–Trinajstić information content (AvgIpc) is 2.84. The summed E-state index contributed by atoms with van der Waals surface area (Å²) in [7, 11) is 0. The average molecular weight is 311 g/mol. The molecule has 0 aliphatic carbocycles. The van der Waals surface area contributed by atoms with Crippen LogP contribution in [0.1, 0.15) is 36.9 Å². The fraction of sp³-hybridized carbons (Fsp3) is 0.444. The molecule has 2 aromatic rings. The van der Waals surface area contributed by atoms with Gasteiger partial charge in [0.1, 0.15) is 0 Å². The van der Waals surface area contributed by atoms with E-state index in [1.54, 1.807) is 0 Å². The van der Waals surface area contributed by atoms with Gasteiger partial charge in [0, 0.05) is 19.3 Å². The van der Waals surface area contributed by atoms with Gasteiger partial charge < -0.3 is 10.6 Å². The molecule has 3 rings (SSSR count). The monoisotopic (exact) mass is 311 g/mol. The third kappa shape index (κ3) is 4.58. The van der Waals surface area contributed by atoms with E-state index in [1.165, 1.54) is 31.2 Å². The lowest BCUT2D eigenvalue weighted by atomic mass is 10.2. The standard InChI is InChI=1S/C18H25N5/c19-18(22-11-6-1-2-7-12-22)20-14-17-10-13-23(21-17)15-16-8-4-3-5-9-16/h3-5,8-10,13H,1-2,6-7,11-12,14-15H2,(H2,19,20). The van der Waals surface area contributed by atoms with E-state index in [-0.39, 0.29) is 0 Å². The Morgan fingerprint density at radius 1 is 1.04 bits per heavy atom. The lowest BCUT2D eigenvalue weighted by Crippen LogP contribution is -2.38. The molecule has 0 amide bonds. The number of guanidine groups is 1. The Bertz CT molecular complexity index is 624. The quantitative estimate of drug-likeness (QED) is 0.697. The van der Waals surface area contributed by atoms with Crippen molar-refractivity contribution >= 4 is 5.96 Å². The molecule has 23 heavy (non-hydrogen) atoms. The third-order valence-corrected chi connectivity index (χ3v) is 4.22. The number of aromatic nitrogens is 2. The van der Waals surface area contributed by atoms with E-state index in [1.807, 2.05) is 35.1 Å². The van der Waals surface area contributed by atoms with Gasteiger partial charge in [-0.2, -0.15) is 5.10 Å². The van der Waals surface area contributed by atoms with Crippen LogP contribution >= 0.6 is 0 Å². The smallest absolute Gasteiger partial charge is 0.191 e. The predicted octanol–water partition coefficient (Wildman–Crippen LogP) is 2.62. The summed E-state index contributed by atoms with van der Waals surface area (Å²) < 4.78 is 1.95. The van der Waals surface area contributed by atoms with Crippen LogP contribution in [-0.4, -0.2) is 33.7 Å². The molecule has 0 saturated carbocycles. The van der Waals surface area contributed by atoms with Crippen LogP contribution in [0.2, 0.25) is 0 Å². The molecule has 0 bridgehead atoms. The normalized spacial score (nSPS) is 16.3. The van der Waals surface area contributed by atoms with E-state index < -0.39 is 0 Å². The maximum Gasteiger partial charge on any atom is 0.191 e. The summed E-state index contributed by atoms with van der Waals surface area (Å²) in [6.07, 6.45) is 7.02. The van der Waals surface area contributed by atoms with Crippen LogP contribution in [-0.2, 0) is 13.1 Å². The number of aliphatic imine (C=N–C) groups is 1. The lowest BCUT2D eigenvalue weighted by molar-refractivity contribution is 0.428. The van der Waals surface area contributed by atoms with E-state index in [0.717, 1.165) is 25.3 Å². The molecule has 2 N–H and O–H groups in total. The van der Waals surface area contributed by atoms with Crippen molar-refractivity contribution in [2.24, 2.45) is 10.7 Å². The first-order valence-corrected chi connectivity index (χ1v) is 8.42. The van der Waals surface area contributed by atoms with Crippen molar-refractivity contribution in [3.63, 3.8) is 0 Å². The zero-order chi connectivity index (χ0) is 15.9. The van der Waals surface area contributed by atoms with Gasteiger partial charge in [0.05, 0.1) is 18.8 Å². The van der Waals surface area contributed by atoms with Crippen LogP contribution in [0.5, 0.6) is 0 Å². The van der Waals surface area contributed by atoms with E-state index in [2.05, 4.69) is 27.1 Å². The summed E-state index contributed by atoms with van der Waals surface area (Å²) in [5.41, 5.74) is 8.34. The molecular formula is C18H25N5. The fourth-order valence-electron chi connectivity index (χ4n) is 2.91. The number of rotatable bonds is 4. The Balaban J connectivity index is 1.57. The topological polar surface area (TPSA) is 59.4 Å². The molecule has 1 aromatic carbocycles.